The minimum absolute atomic E-state index is 0.166. The molecule has 3 aromatic heterocycles. The Morgan fingerprint density at radius 2 is 1.97 bits per heavy atom. The SMILES string of the molecule is N#Cc1ccnc(-n2cc(-c3ccccc3F)c3c(N4CCNC5(CC5)C4)ncnc32)c1. The van der Waals surface area contributed by atoms with Crippen LogP contribution in [0.25, 0.3) is 28.0 Å². The van der Waals surface area contributed by atoms with E-state index >= 15 is 0 Å². The summed E-state index contributed by atoms with van der Waals surface area (Å²) in [7, 11) is 0. The van der Waals surface area contributed by atoms with Gasteiger partial charge in [0.2, 0.25) is 0 Å². The predicted octanol–water partition coefficient (Wildman–Crippen LogP) is 3.44. The van der Waals surface area contributed by atoms with Crippen molar-refractivity contribution in [2.24, 2.45) is 0 Å². The number of nitrogens with zero attached hydrogens (tertiary/aromatic N) is 6. The van der Waals surface area contributed by atoms with E-state index in [4.69, 9.17) is 0 Å². The van der Waals surface area contributed by atoms with Gasteiger partial charge in [0.1, 0.15) is 23.8 Å². The van der Waals surface area contributed by atoms with Crippen molar-refractivity contribution < 1.29 is 4.39 Å². The number of pyridine rings is 1. The molecule has 2 aliphatic rings. The lowest BCUT2D eigenvalue weighted by atomic mass is 10.0. The molecule has 4 heterocycles. The molecule has 2 fully saturated rings. The summed E-state index contributed by atoms with van der Waals surface area (Å²) in [5.74, 6) is 1.05. The average Bonchev–Trinajstić information content (AvgIpc) is 3.46. The Balaban J connectivity index is 1.61. The Bertz CT molecular complexity index is 1380. The topological polar surface area (TPSA) is 82.7 Å². The van der Waals surface area contributed by atoms with E-state index in [1.807, 2.05) is 16.8 Å². The van der Waals surface area contributed by atoms with Gasteiger partial charge in [-0.05, 0) is 31.0 Å². The third kappa shape index (κ3) is 3.01. The molecule has 0 amide bonds. The molecule has 6 rings (SSSR count). The molecule has 1 saturated carbocycles. The molecule has 4 aromatic rings. The van der Waals surface area contributed by atoms with E-state index in [-0.39, 0.29) is 11.4 Å². The van der Waals surface area contributed by atoms with E-state index < -0.39 is 0 Å². The highest BCUT2D eigenvalue weighted by molar-refractivity contribution is 6.02. The second-order valence-corrected chi connectivity index (χ2v) is 8.43. The van der Waals surface area contributed by atoms with Crippen LogP contribution >= 0.6 is 0 Å². The van der Waals surface area contributed by atoms with Crippen LogP contribution in [-0.4, -0.2) is 44.7 Å². The number of anilines is 1. The number of nitriles is 1. The number of halogens is 1. The van der Waals surface area contributed by atoms with Crippen molar-refractivity contribution in [3.63, 3.8) is 0 Å². The summed E-state index contributed by atoms with van der Waals surface area (Å²) in [6, 6.07) is 12.2. The fourth-order valence-corrected chi connectivity index (χ4v) is 4.59. The molecule has 0 atom stereocenters. The molecule has 32 heavy (non-hydrogen) atoms. The van der Waals surface area contributed by atoms with Gasteiger partial charge in [0.15, 0.2) is 5.65 Å². The maximum atomic E-state index is 14.9. The molecule has 1 N–H and O–H groups in total. The zero-order chi connectivity index (χ0) is 21.7. The highest BCUT2D eigenvalue weighted by Gasteiger charge is 2.46. The number of benzene rings is 1. The number of nitrogens with one attached hydrogen (secondary N) is 1. The van der Waals surface area contributed by atoms with Gasteiger partial charge in [-0.3, -0.25) is 4.57 Å². The first-order chi connectivity index (χ1) is 15.7. The fourth-order valence-electron chi connectivity index (χ4n) is 4.59. The Labute approximate surface area is 184 Å². The van der Waals surface area contributed by atoms with Crippen molar-refractivity contribution in [3.8, 4) is 23.0 Å². The van der Waals surface area contributed by atoms with Crippen molar-refractivity contribution >= 4 is 16.9 Å². The molecule has 1 spiro atoms. The monoisotopic (exact) mass is 425 g/mol. The van der Waals surface area contributed by atoms with Crippen LogP contribution in [0.5, 0.6) is 0 Å². The zero-order valence-corrected chi connectivity index (χ0v) is 17.3. The highest BCUT2D eigenvalue weighted by Crippen LogP contribution is 2.42. The van der Waals surface area contributed by atoms with Crippen molar-refractivity contribution in [3.05, 3.63) is 66.5 Å². The van der Waals surface area contributed by atoms with Gasteiger partial charge in [-0.1, -0.05) is 18.2 Å². The van der Waals surface area contributed by atoms with Gasteiger partial charge in [0.05, 0.1) is 17.0 Å². The lowest BCUT2D eigenvalue weighted by Crippen LogP contribution is -2.52. The van der Waals surface area contributed by atoms with Crippen LogP contribution in [0.3, 0.4) is 0 Å². The molecule has 7 nitrogen and oxygen atoms in total. The average molecular weight is 425 g/mol. The van der Waals surface area contributed by atoms with Crippen LogP contribution in [0.15, 0.2) is 55.1 Å². The van der Waals surface area contributed by atoms with Gasteiger partial charge < -0.3 is 10.2 Å². The molecular weight excluding hydrogens is 405 g/mol. The van der Waals surface area contributed by atoms with Gasteiger partial charge >= 0.3 is 0 Å². The lowest BCUT2D eigenvalue weighted by molar-refractivity contribution is 0.441. The molecular formula is C24H20FN7. The van der Waals surface area contributed by atoms with E-state index in [2.05, 4.69) is 31.2 Å². The number of aromatic nitrogens is 4. The number of rotatable bonds is 3. The number of fused-ring (bicyclic) bond motifs is 1. The lowest BCUT2D eigenvalue weighted by Gasteiger charge is -2.35. The molecule has 1 aromatic carbocycles. The van der Waals surface area contributed by atoms with Crippen LogP contribution in [0.1, 0.15) is 18.4 Å². The third-order valence-corrected chi connectivity index (χ3v) is 6.38. The van der Waals surface area contributed by atoms with Crippen LogP contribution in [-0.2, 0) is 0 Å². The smallest absolute Gasteiger partial charge is 0.151 e. The van der Waals surface area contributed by atoms with E-state index in [0.717, 1.165) is 43.7 Å². The van der Waals surface area contributed by atoms with Gasteiger partial charge in [-0.25, -0.2) is 19.3 Å². The molecule has 8 heteroatoms. The van der Waals surface area contributed by atoms with Gasteiger partial charge in [-0.2, -0.15) is 5.26 Å². The molecule has 0 bridgehead atoms. The highest BCUT2D eigenvalue weighted by atomic mass is 19.1. The molecule has 1 aliphatic heterocycles. The fraction of sp³-hybridized carbons (Fsp3) is 0.250. The summed E-state index contributed by atoms with van der Waals surface area (Å²) in [5.41, 5.74) is 2.50. The Hall–Kier alpha value is -3.83. The van der Waals surface area contributed by atoms with Gasteiger partial charge in [0, 0.05) is 48.7 Å². The first-order valence-corrected chi connectivity index (χ1v) is 10.6. The first kappa shape index (κ1) is 18.9. The molecule has 158 valence electrons. The van der Waals surface area contributed by atoms with Crippen molar-refractivity contribution in [2.45, 2.75) is 18.4 Å². The van der Waals surface area contributed by atoms with E-state index in [0.29, 0.717) is 28.2 Å². The quantitative estimate of drug-likeness (QED) is 0.542. The number of hydrogen-bond acceptors (Lipinski definition) is 6. The molecule has 0 radical (unpaired) electrons. The van der Waals surface area contributed by atoms with Crippen LogP contribution < -0.4 is 10.2 Å². The minimum Gasteiger partial charge on any atom is -0.353 e. The largest absolute Gasteiger partial charge is 0.353 e. The summed E-state index contributed by atoms with van der Waals surface area (Å²) >= 11 is 0. The summed E-state index contributed by atoms with van der Waals surface area (Å²) in [6.07, 6.45) is 7.31. The maximum absolute atomic E-state index is 14.9. The van der Waals surface area contributed by atoms with Crippen LogP contribution in [0.2, 0.25) is 0 Å². The molecule has 1 saturated heterocycles. The van der Waals surface area contributed by atoms with E-state index in [9.17, 15) is 9.65 Å². The Kier molecular flexibility index (Phi) is 4.20. The van der Waals surface area contributed by atoms with Crippen molar-refractivity contribution in [1.29, 1.82) is 5.26 Å². The Morgan fingerprint density at radius 1 is 1.09 bits per heavy atom. The number of piperazine rings is 1. The minimum atomic E-state index is -0.306. The predicted molar refractivity (Wildman–Crippen MR) is 119 cm³/mol. The summed E-state index contributed by atoms with van der Waals surface area (Å²) < 4.78 is 16.7. The second-order valence-electron chi connectivity index (χ2n) is 8.43. The summed E-state index contributed by atoms with van der Waals surface area (Å²) in [4.78, 5) is 15.9. The van der Waals surface area contributed by atoms with Crippen molar-refractivity contribution in [2.75, 3.05) is 24.5 Å². The maximum Gasteiger partial charge on any atom is 0.151 e. The summed E-state index contributed by atoms with van der Waals surface area (Å²) in [5, 5.41) is 13.8. The van der Waals surface area contributed by atoms with E-state index in [1.54, 1.807) is 36.8 Å². The third-order valence-electron chi connectivity index (χ3n) is 6.38. The molecule has 0 unspecified atom stereocenters. The van der Waals surface area contributed by atoms with Crippen LogP contribution in [0, 0.1) is 17.1 Å². The van der Waals surface area contributed by atoms with Gasteiger partial charge in [0.25, 0.3) is 0 Å². The van der Waals surface area contributed by atoms with E-state index in [1.165, 1.54) is 6.07 Å². The normalized spacial score (nSPS) is 16.9. The summed E-state index contributed by atoms with van der Waals surface area (Å²) in [6.45, 7) is 2.56. The second kappa shape index (κ2) is 7.11. The molecule has 1 aliphatic carbocycles. The van der Waals surface area contributed by atoms with Gasteiger partial charge in [-0.15, -0.1) is 0 Å². The van der Waals surface area contributed by atoms with Crippen molar-refractivity contribution in [1.82, 2.24) is 24.8 Å². The zero-order valence-electron chi connectivity index (χ0n) is 17.3. The standard InChI is InChI=1S/C24H20FN7/c25-19-4-2-1-3-17(19)18-13-32(20-11-16(12-26)5-8-27-20)23-21(18)22(28-15-29-23)31-10-9-30-24(14-31)6-7-24/h1-5,8,11,13,15,30H,6-7,9-10,14H2. The Morgan fingerprint density at radius 3 is 2.78 bits per heavy atom. The first-order valence-electron chi connectivity index (χ1n) is 10.6. The van der Waals surface area contributed by atoms with Crippen LogP contribution in [0.4, 0.5) is 10.2 Å². The number of hydrogen-bond donors (Lipinski definition) is 1.